The van der Waals surface area contributed by atoms with Crippen LogP contribution in [-0.2, 0) is 14.5 Å². The molecular weight excluding hydrogens is 1070 g/mol. The highest BCUT2D eigenvalue weighted by Crippen LogP contribution is 2.57. The molecule has 1 heterocycles. The van der Waals surface area contributed by atoms with E-state index in [-0.39, 0.29) is 0 Å². The van der Waals surface area contributed by atoms with Crippen LogP contribution in [-0.4, -0.2) is 4.57 Å². The summed E-state index contributed by atoms with van der Waals surface area (Å²) in [5, 5.41) is 6.31. The highest BCUT2D eigenvalue weighted by atomic mass is 31.2. The van der Waals surface area contributed by atoms with Gasteiger partial charge in [0.05, 0.1) is 27.1 Å². The first-order chi connectivity index (χ1) is 41.9. The molecule has 0 aliphatic heterocycles. The molecule has 15 rings (SSSR count). The molecule has 0 atom stereocenters. The highest BCUT2D eigenvalue weighted by molar-refractivity contribution is 7.86. The van der Waals surface area contributed by atoms with Gasteiger partial charge in [0.15, 0.2) is 14.3 Å². The summed E-state index contributed by atoms with van der Waals surface area (Å²) in [5.41, 5.74) is 14.2. The van der Waals surface area contributed by atoms with Crippen LogP contribution >= 0.6 is 14.3 Å². The van der Waals surface area contributed by atoms with Crippen molar-refractivity contribution < 1.29 is 13.9 Å². The van der Waals surface area contributed by atoms with Gasteiger partial charge in [-0.15, -0.1) is 0 Å². The molecule has 404 valence electrons. The number of rotatable bonds is 13. The second kappa shape index (κ2) is 21.3. The molecule has 0 radical (unpaired) electrons. The molecule has 14 aromatic rings. The van der Waals surface area contributed by atoms with E-state index < -0.39 is 19.7 Å². The van der Waals surface area contributed by atoms with Gasteiger partial charge in [-0.2, -0.15) is 0 Å². The zero-order valence-corrected chi connectivity index (χ0v) is 48.1. The Morgan fingerprint density at radius 3 is 1.13 bits per heavy atom. The van der Waals surface area contributed by atoms with Crippen LogP contribution < -0.4 is 36.6 Å². The lowest BCUT2D eigenvalue weighted by Crippen LogP contribution is -2.28. The molecule has 0 N–H and O–H groups in total. The maximum atomic E-state index is 16.7. The average molecular weight is 1130 g/mol. The quantitative estimate of drug-likeness (QED) is 0.108. The van der Waals surface area contributed by atoms with Gasteiger partial charge in [0, 0.05) is 37.7 Å². The fourth-order valence-corrected chi connectivity index (χ4v) is 18.8. The largest absolute Gasteiger partial charge is 0.456 e. The lowest BCUT2D eigenvalue weighted by Gasteiger charge is -2.34. The van der Waals surface area contributed by atoms with Gasteiger partial charge in [-0.1, -0.05) is 285 Å². The second-order valence-electron chi connectivity index (χ2n) is 21.7. The number of para-hydroxylation sites is 3. The van der Waals surface area contributed by atoms with Crippen LogP contribution in [0.2, 0.25) is 0 Å². The molecule has 0 fully saturated rings. The first-order valence-corrected chi connectivity index (χ1v) is 32.2. The van der Waals surface area contributed by atoms with Gasteiger partial charge in [0.25, 0.3) is 0 Å². The number of fused-ring (bicyclic) bond motifs is 6. The van der Waals surface area contributed by atoms with Gasteiger partial charge in [-0.25, -0.2) is 0 Å². The number of nitrogens with zero attached hydrogens (tertiary/aromatic N) is 1. The molecule has 0 amide bonds. The van der Waals surface area contributed by atoms with Crippen LogP contribution in [0.5, 0.6) is 11.5 Å². The molecule has 0 unspecified atom stereocenters. The van der Waals surface area contributed by atoms with Crippen LogP contribution in [0.1, 0.15) is 22.3 Å². The van der Waals surface area contributed by atoms with Crippen molar-refractivity contribution in [3.8, 4) is 50.6 Å². The lowest BCUT2D eigenvalue weighted by molar-refractivity contribution is 0.489. The van der Waals surface area contributed by atoms with E-state index in [4.69, 9.17) is 4.74 Å². The standard InChI is InChI=1S/C79H55NO3P2/c81-84(63-23-5-1-6-24-63,64-25-7-2-8-26-64)77-40-22-21-39-75(77)83-76-54-47-59(55-78(76)85(82,65-27-9-3-10-28-65)66-29-11-4-12-30-66)58-43-50-61(51-44-58)79(71-35-17-13-31-67(71)68-32-14-18-36-72(68)79)60-48-41-56(42-49-60)57-45-52-62(53-46-57)80-73-37-19-15-33-69(73)70-34-16-20-38-74(70)80/h1-55H. The van der Waals surface area contributed by atoms with Crippen LogP contribution in [0.4, 0.5) is 0 Å². The third-order valence-corrected chi connectivity index (χ3v) is 23.3. The number of aromatic nitrogens is 1. The van der Waals surface area contributed by atoms with Crippen molar-refractivity contribution in [1.82, 2.24) is 4.57 Å². The van der Waals surface area contributed by atoms with E-state index in [9.17, 15) is 0 Å². The smallest absolute Gasteiger partial charge is 0.174 e. The van der Waals surface area contributed by atoms with Crippen molar-refractivity contribution in [3.63, 3.8) is 0 Å². The Morgan fingerprint density at radius 1 is 0.294 bits per heavy atom. The van der Waals surface area contributed by atoms with E-state index in [1.165, 1.54) is 49.6 Å². The Bertz CT molecular complexity index is 4700. The average Bonchev–Trinajstić information content (AvgIpc) is 1.65. The lowest BCUT2D eigenvalue weighted by atomic mass is 9.67. The molecule has 13 aromatic carbocycles. The minimum absolute atomic E-state index is 0.414. The summed E-state index contributed by atoms with van der Waals surface area (Å²) >= 11 is 0. The monoisotopic (exact) mass is 1130 g/mol. The van der Waals surface area contributed by atoms with E-state index >= 15 is 9.13 Å². The van der Waals surface area contributed by atoms with Crippen molar-refractivity contribution >= 4 is 67.9 Å². The van der Waals surface area contributed by atoms with Crippen LogP contribution in [0.25, 0.3) is 60.9 Å². The third-order valence-electron chi connectivity index (χ3n) is 17.2. The summed E-state index contributed by atoms with van der Waals surface area (Å²) < 4.78 is 42.3. The van der Waals surface area contributed by atoms with E-state index in [1.807, 2.05) is 158 Å². The molecule has 4 nitrogen and oxygen atoms in total. The first kappa shape index (κ1) is 51.8. The molecule has 0 bridgehead atoms. The maximum Gasteiger partial charge on any atom is 0.174 e. The van der Waals surface area contributed by atoms with E-state index in [2.05, 4.69) is 180 Å². The van der Waals surface area contributed by atoms with E-state index in [1.54, 1.807) is 0 Å². The summed E-state index contributed by atoms with van der Waals surface area (Å²) in [7, 11) is -7.17. The molecule has 1 aliphatic rings. The summed E-state index contributed by atoms with van der Waals surface area (Å²) in [6.45, 7) is 0. The van der Waals surface area contributed by atoms with Gasteiger partial charge < -0.3 is 18.4 Å². The minimum Gasteiger partial charge on any atom is -0.456 e. The molecule has 1 aromatic heterocycles. The number of benzene rings is 13. The van der Waals surface area contributed by atoms with Crippen molar-refractivity contribution in [2.24, 2.45) is 0 Å². The maximum absolute atomic E-state index is 16.7. The van der Waals surface area contributed by atoms with Crippen molar-refractivity contribution in [2.45, 2.75) is 5.41 Å². The fourth-order valence-electron chi connectivity index (χ4n) is 13.2. The summed E-state index contributed by atoms with van der Waals surface area (Å²) in [6, 6.07) is 114. The SMILES string of the molecule is O=P(c1ccccc1)(c1ccccc1)c1ccccc1Oc1ccc(-c2ccc(C3(c4ccc(-c5ccc(-n6c7ccccc7c7ccccc76)cc5)cc4)c4ccccc4-c4ccccc43)cc2)cc1P(=O)(c1ccccc1)c1ccccc1. The van der Waals surface area contributed by atoms with Gasteiger partial charge in [-0.3, -0.25) is 0 Å². The number of hydrogen-bond acceptors (Lipinski definition) is 3. The molecule has 0 spiro atoms. The summed E-state index contributed by atoms with van der Waals surface area (Å²) in [4.78, 5) is 0. The van der Waals surface area contributed by atoms with Crippen LogP contribution in [0, 0.1) is 0 Å². The summed E-state index contributed by atoms with van der Waals surface area (Å²) in [5.74, 6) is 0.839. The normalized spacial score (nSPS) is 12.7. The van der Waals surface area contributed by atoms with Gasteiger partial charge in [0.2, 0.25) is 0 Å². The predicted octanol–water partition coefficient (Wildman–Crippen LogP) is 17.6. The second-order valence-corrected chi connectivity index (χ2v) is 27.2. The summed E-state index contributed by atoms with van der Waals surface area (Å²) in [6.07, 6.45) is 0. The topological polar surface area (TPSA) is 48.3 Å². The van der Waals surface area contributed by atoms with Crippen LogP contribution in [0.3, 0.4) is 0 Å². The fraction of sp³-hybridized carbons (Fsp3) is 0.0127. The Hall–Kier alpha value is -10.1. The van der Waals surface area contributed by atoms with Gasteiger partial charge in [-0.05, 0) is 104 Å². The van der Waals surface area contributed by atoms with Crippen molar-refractivity contribution in [2.75, 3.05) is 0 Å². The first-order valence-electron chi connectivity index (χ1n) is 28.8. The van der Waals surface area contributed by atoms with Crippen LogP contribution in [0.15, 0.2) is 334 Å². The molecule has 6 heteroatoms. The van der Waals surface area contributed by atoms with Gasteiger partial charge >= 0.3 is 0 Å². The van der Waals surface area contributed by atoms with Crippen molar-refractivity contribution in [1.29, 1.82) is 0 Å². The number of hydrogen-bond donors (Lipinski definition) is 0. The van der Waals surface area contributed by atoms with Gasteiger partial charge in [0.1, 0.15) is 11.5 Å². The molecular formula is C79H55NO3P2. The number of ether oxygens (including phenoxy) is 1. The zero-order chi connectivity index (χ0) is 57.0. The highest BCUT2D eigenvalue weighted by Gasteiger charge is 2.46. The Labute approximate surface area is 495 Å². The molecule has 0 saturated heterocycles. The molecule has 0 saturated carbocycles. The molecule has 1 aliphatic carbocycles. The van der Waals surface area contributed by atoms with Crippen molar-refractivity contribution in [3.05, 3.63) is 356 Å². The van der Waals surface area contributed by atoms with E-state index in [0.717, 1.165) is 33.5 Å². The third kappa shape index (κ3) is 8.51. The Balaban J connectivity index is 0.845. The zero-order valence-electron chi connectivity index (χ0n) is 46.3. The molecule has 85 heavy (non-hydrogen) atoms. The minimum atomic E-state index is -3.68. The Morgan fingerprint density at radius 2 is 0.647 bits per heavy atom. The Kier molecular flexibility index (Phi) is 13.0. The predicted molar refractivity (Wildman–Crippen MR) is 354 cm³/mol. The van der Waals surface area contributed by atoms with E-state index in [0.29, 0.717) is 43.3 Å².